The van der Waals surface area contributed by atoms with Crippen LogP contribution in [0.1, 0.15) is 18.1 Å². The van der Waals surface area contributed by atoms with Crippen LogP contribution in [0.3, 0.4) is 0 Å². The molecule has 5 heteroatoms. The van der Waals surface area contributed by atoms with Crippen molar-refractivity contribution in [3.63, 3.8) is 0 Å². The molecule has 0 bridgehead atoms. The summed E-state index contributed by atoms with van der Waals surface area (Å²) in [5.74, 6) is -0.506. The molecule has 1 aromatic carbocycles. The summed E-state index contributed by atoms with van der Waals surface area (Å²) in [5, 5.41) is 19.4. The molecule has 4 N–H and O–H groups in total. The summed E-state index contributed by atoms with van der Waals surface area (Å²) in [6, 6.07) is 3.63. The monoisotopic (exact) mass is 233 g/mol. The van der Waals surface area contributed by atoms with Gasteiger partial charge < -0.3 is 15.9 Å². The van der Waals surface area contributed by atoms with E-state index in [4.69, 9.17) is 17.3 Å². The minimum Gasteiger partial charge on any atom is -0.390 e. The molecule has 0 saturated heterocycles. The fourth-order valence-electron chi connectivity index (χ4n) is 1.28. The van der Waals surface area contributed by atoms with E-state index in [0.717, 1.165) is 6.07 Å². The van der Waals surface area contributed by atoms with Gasteiger partial charge in [-0.2, -0.15) is 0 Å². The molecular weight excluding hydrogens is 221 g/mol. The first kappa shape index (κ1) is 12.4. The van der Waals surface area contributed by atoms with E-state index >= 15 is 0 Å². The van der Waals surface area contributed by atoms with Crippen molar-refractivity contribution in [3.05, 3.63) is 34.6 Å². The van der Waals surface area contributed by atoms with Crippen molar-refractivity contribution < 1.29 is 14.6 Å². The van der Waals surface area contributed by atoms with Crippen molar-refractivity contribution in [1.82, 2.24) is 0 Å². The van der Waals surface area contributed by atoms with Crippen molar-refractivity contribution in [3.8, 4) is 0 Å². The van der Waals surface area contributed by atoms with Gasteiger partial charge in [0.05, 0.1) is 6.10 Å². The Kier molecular flexibility index (Phi) is 4.47. The molecule has 0 aliphatic carbocycles. The van der Waals surface area contributed by atoms with Gasteiger partial charge in [0.2, 0.25) is 0 Å². The molecule has 0 amide bonds. The van der Waals surface area contributed by atoms with Crippen molar-refractivity contribution in [2.75, 3.05) is 6.54 Å². The predicted octanol–water partition coefficient (Wildman–Crippen LogP) is 1.22. The van der Waals surface area contributed by atoms with Crippen molar-refractivity contribution in [1.29, 1.82) is 0 Å². The quantitative estimate of drug-likeness (QED) is 0.733. The van der Waals surface area contributed by atoms with Crippen LogP contribution in [0.4, 0.5) is 4.39 Å². The molecule has 0 radical (unpaired) electrons. The molecule has 3 nitrogen and oxygen atoms in total. The van der Waals surface area contributed by atoms with Gasteiger partial charge in [-0.1, -0.05) is 11.6 Å². The largest absolute Gasteiger partial charge is 0.390 e. The molecule has 0 spiro atoms. The lowest BCUT2D eigenvalue weighted by Gasteiger charge is -2.18. The van der Waals surface area contributed by atoms with Crippen LogP contribution in [0.15, 0.2) is 18.2 Å². The van der Waals surface area contributed by atoms with Crippen molar-refractivity contribution in [2.24, 2.45) is 5.73 Å². The number of halogens is 2. The van der Waals surface area contributed by atoms with Crippen LogP contribution < -0.4 is 5.73 Å². The molecule has 84 valence electrons. The molecule has 1 rings (SSSR count). The van der Waals surface area contributed by atoms with Crippen molar-refractivity contribution >= 4 is 11.6 Å². The zero-order valence-electron chi connectivity index (χ0n) is 8.03. The zero-order valence-corrected chi connectivity index (χ0v) is 8.78. The molecule has 15 heavy (non-hydrogen) atoms. The Hall–Kier alpha value is -0.680. The number of aliphatic hydroxyl groups excluding tert-OH is 2. The zero-order chi connectivity index (χ0) is 11.4. The lowest BCUT2D eigenvalue weighted by atomic mass is 10.0. The second kappa shape index (κ2) is 5.42. The van der Waals surface area contributed by atoms with Gasteiger partial charge in [-0.3, -0.25) is 0 Å². The van der Waals surface area contributed by atoms with E-state index in [1.54, 1.807) is 0 Å². The number of rotatable bonds is 4. The lowest BCUT2D eigenvalue weighted by molar-refractivity contribution is 0.0149. The summed E-state index contributed by atoms with van der Waals surface area (Å²) in [7, 11) is 0. The molecule has 2 atom stereocenters. The molecule has 0 fully saturated rings. The van der Waals surface area contributed by atoms with E-state index < -0.39 is 18.0 Å². The van der Waals surface area contributed by atoms with Gasteiger partial charge in [-0.05, 0) is 31.2 Å². The first-order valence-electron chi connectivity index (χ1n) is 4.57. The second-order valence-corrected chi connectivity index (χ2v) is 3.66. The number of hydrogen-bond donors (Lipinski definition) is 3. The first-order chi connectivity index (χ1) is 7.06. The molecule has 0 aromatic heterocycles. The van der Waals surface area contributed by atoms with Gasteiger partial charge in [0.25, 0.3) is 0 Å². The average Bonchev–Trinajstić information content (AvgIpc) is 2.21. The minimum absolute atomic E-state index is 0.178. The van der Waals surface area contributed by atoms with Gasteiger partial charge in [-0.25, -0.2) is 4.39 Å². The third-order valence-corrected chi connectivity index (χ3v) is 2.45. The Bertz CT molecular complexity index is 335. The summed E-state index contributed by atoms with van der Waals surface area (Å²) in [6.07, 6.45) is -2.01. The number of nitrogens with two attached hydrogens (primary N) is 1. The Morgan fingerprint density at radius 1 is 1.40 bits per heavy atom. The first-order valence-corrected chi connectivity index (χ1v) is 4.95. The molecule has 0 aliphatic heterocycles. The van der Waals surface area contributed by atoms with Crippen LogP contribution in [-0.4, -0.2) is 22.9 Å². The maximum absolute atomic E-state index is 12.9. The van der Waals surface area contributed by atoms with Gasteiger partial charge in [0, 0.05) is 10.6 Å². The Labute approximate surface area is 92.3 Å². The van der Waals surface area contributed by atoms with E-state index in [-0.39, 0.29) is 23.6 Å². The van der Waals surface area contributed by atoms with Crippen LogP contribution >= 0.6 is 11.6 Å². The van der Waals surface area contributed by atoms with Crippen LogP contribution in [0.25, 0.3) is 0 Å². The topological polar surface area (TPSA) is 66.5 Å². The Morgan fingerprint density at radius 3 is 2.67 bits per heavy atom. The summed E-state index contributed by atoms with van der Waals surface area (Å²) in [4.78, 5) is 0. The second-order valence-electron chi connectivity index (χ2n) is 3.26. The van der Waals surface area contributed by atoms with Crippen LogP contribution in [-0.2, 0) is 0 Å². The SMILES string of the molecule is NCCC(O)C(O)c1cc(F)ccc1Cl. The van der Waals surface area contributed by atoms with Crippen LogP contribution in [0.2, 0.25) is 5.02 Å². The van der Waals surface area contributed by atoms with Gasteiger partial charge in [0.15, 0.2) is 0 Å². The van der Waals surface area contributed by atoms with Gasteiger partial charge in [-0.15, -0.1) is 0 Å². The number of aliphatic hydroxyl groups is 2. The number of hydrogen-bond acceptors (Lipinski definition) is 3. The number of benzene rings is 1. The molecule has 2 unspecified atom stereocenters. The van der Waals surface area contributed by atoms with E-state index in [1.807, 2.05) is 0 Å². The standard InChI is InChI=1S/C10H13ClFNO2/c11-8-2-1-6(12)5-7(8)10(15)9(14)3-4-13/h1-2,5,9-10,14-15H,3-4,13H2. The molecule has 1 aromatic rings. The van der Waals surface area contributed by atoms with Crippen LogP contribution in [0.5, 0.6) is 0 Å². The van der Waals surface area contributed by atoms with E-state index in [9.17, 15) is 14.6 Å². The summed E-state index contributed by atoms with van der Waals surface area (Å²) in [5.41, 5.74) is 5.41. The Morgan fingerprint density at radius 2 is 2.07 bits per heavy atom. The normalized spacial score (nSPS) is 15.0. The average molecular weight is 234 g/mol. The van der Waals surface area contributed by atoms with Crippen LogP contribution in [0, 0.1) is 5.82 Å². The molecule has 0 heterocycles. The third kappa shape index (κ3) is 3.14. The highest BCUT2D eigenvalue weighted by atomic mass is 35.5. The third-order valence-electron chi connectivity index (χ3n) is 2.10. The molecular formula is C10H13ClFNO2. The van der Waals surface area contributed by atoms with E-state index in [1.165, 1.54) is 12.1 Å². The summed E-state index contributed by atoms with van der Waals surface area (Å²) in [6.45, 7) is 0.241. The molecule has 0 aliphatic rings. The lowest BCUT2D eigenvalue weighted by Crippen LogP contribution is -2.22. The maximum Gasteiger partial charge on any atom is 0.123 e. The summed E-state index contributed by atoms with van der Waals surface area (Å²) < 4.78 is 12.9. The van der Waals surface area contributed by atoms with Gasteiger partial charge in [0.1, 0.15) is 11.9 Å². The van der Waals surface area contributed by atoms with E-state index in [0.29, 0.717) is 0 Å². The highest BCUT2D eigenvalue weighted by molar-refractivity contribution is 6.31. The van der Waals surface area contributed by atoms with Crippen molar-refractivity contribution in [2.45, 2.75) is 18.6 Å². The fourth-order valence-corrected chi connectivity index (χ4v) is 1.51. The smallest absolute Gasteiger partial charge is 0.123 e. The highest BCUT2D eigenvalue weighted by Crippen LogP contribution is 2.26. The predicted molar refractivity (Wildman–Crippen MR) is 56.0 cm³/mol. The van der Waals surface area contributed by atoms with E-state index in [2.05, 4.69) is 0 Å². The van der Waals surface area contributed by atoms with Gasteiger partial charge >= 0.3 is 0 Å². The Balaban J connectivity index is 2.89. The maximum atomic E-state index is 12.9. The summed E-state index contributed by atoms with van der Waals surface area (Å²) >= 11 is 5.77. The molecule has 0 saturated carbocycles. The minimum atomic E-state index is -1.21. The highest BCUT2D eigenvalue weighted by Gasteiger charge is 2.20. The fraction of sp³-hybridized carbons (Fsp3) is 0.400.